The van der Waals surface area contributed by atoms with Crippen molar-refractivity contribution < 1.29 is 19.8 Å². The van der Waals surface area contributed by atoms with Crippen molar-refractivity contribution in [3.8, 4) is 0 Å². The molecule has 39 heavy (non-hydrogen) atoms. The molecule has 3 aromatic carbocycles. The summed E-state index contributed by atoms with van der Waals surface area (Å²) in [6, 6.07) is 22.2. The third-order valence-corrected chi connectivity index (χ3v) is 7.48. The molecule has 2 aliphatic rings. The van der Waals surface area contributed by atoms with Gasteiger partial charge in [0.2, 0.25) is 5.91 Å². The molecule has 0 radical (unpaired) electrons. The van der Waals surface area contributed by atoms with Gasteiger partial charge in [-0.1, -0.05) is 73.1 Å². The monoisotopic (exact) mass is 543 g/mol. The molecular weight excluding hydrogens is 514 g/mol. The van der Waals surface area contributed by atoms with Gasteiger partial charge in [-0.25, -0.2) is 5.01 Å². The van der Waals surface area contributed by atoms with Gasteiger partial charge in [-0.2, -0.15) is 5.10 Å². The van der Waals surface area contributed by atoms with Crippen molar-refractivity contribution in [2.24, 2.45) is 11.0 Å². The number of halogens is 1. The second-order valence-corrected chi connectivity index (χ2v) is 10.3. The Morgan fingerprint density at radius 1 is 1.05 bits per heavy atom. The fourth-order valence-corrected chi connectivity index (χ4v) is 5.32. The van der Waals surface area contributed by atoms with Crippen molar-refractivity contribution in [1.29, 1.82) is 0 Å². The summed E-state index contributed by atoms with van der Waals surface area (Å²) in [6.45, 7) is 1.94. The summed E-state index contributed by atoms with van der Waals surface area (Å²) in [4.78, 5) is 28.2. The zero-order valence-electron chi connectivity index (χ0n) is 21.6. The van der Waals surface area contributed by atoms with E-state index in [0.717, 1.165) is 16.8 Å². The summed E-state index contributed by atoms with van der Waals surface area (Å²) < 4.78 is 0. The minimum Gasteiger partial charge on any atom is -0.396 e. The van der Waals surface area contributed by atoms with Gasteiger partial charge in [0.15, 0.2) is 5.60 Å². The minimum atomic E-state index is -1.80. The predicted molar refractivity (Wildman–Crippen MR) is 153 cm³/mol. The maximum atomic E-state index is 13.8. The maximum Gasteiger partial charge on any atom is 0.264 e. The lowest BCUT2D eigenvalue weighted by Crippen LogP contribution is -2.44. The molecule has 200 valence electrons. The number of amides is 2. The molecule has 2 atom stereocenters. The average molecular weight is 544 g/mol. The van der Waals surface area contributed by atoms with Gasteiger partial charge in [0.1, 0.15) is 0 Å². The van der Waals surface area contributed by atoms with Gasteiger partial charge in [-0.05, 0) is 47.9 Å². The number of rotatable bonds is 8. The fourth-order valence-electron chi connectivity index (χ4n) is 5.15. The first-order chi connectivity index (χ1) is 18.8. The van der Waals surface area contributed by atoms with Gasteiger partial charge in [0.05, 0.1) is 23.6 Å². The second kappa shape index (κ2) is 11.1. The zero-order chi connectivity index (χ0) is 27.6. The Kier molecular flexibility index (Phi) is 7.66. The van der Waals surface area contributed by atoms with Crippen LogP contribution in [0, 0.1) is 5.92 Å². The Bertz CT molecular complexity index is 1460. The standard InChI is InChI=1S/C31H30ClN3O4/c1-21(8-5-6-17-36)31(39)26-19-24(32)13-15-28(26)34(30(31)38)20-22-9-7-12-25(18-22)35-29(37)16-14-27(33-35)23-10-3-2-4-11-23/h2-5,7-13,15,18-19,21,36,39H,6,14,16-17,20H2,1H3/b8-5+/t21-,31+/m1/s1. The van der Waals surface area contributed by atoms with E-state index in [4.69, 9.17) is 16.7 Å². The van der Waals surface area contributed by atoms with E-state index in [1.165, 1.54) is 5.01 Å². The van der Waals surface area contributed by atoms with Crippen molar-refractivity contribution in [2.45, 2.75) is 38.3 Å². The number of aliphatic hydroxyl groups excluding tert-OH is 1. The molecule has 5 rings (SSSR count). The highest BCUT2D eigenvalue weighted by Gasteiger charge is 2.52. The van der Waals surface area contributed by atoms with E-state index in [0.29, 0.717) is 41.2 Å². The number of anilines is 2. The number of hydrogen-bond acceptors (Lipinski definition) is 5. The third-order valence-electron chi connectivity index (χ3n) is 7.25. The Hall–Kier alpha value is -3.78. The molecule has 0 aliphatic carbocycles. The predicted octanol–water partition coefficient (Wildman–Crippen LogP) is 5.18. The lowest BCUT2D eigenvalue weighted by Gasteiger charge is -2.28. The third kappa shape index (κ3) is 5.13. The average Bonchev–Trinajstić information content (AvgIpc) is 3.16. The summed E-state index contributed by atoms with van der Waals surface area (Å²) in [5.74, 6) is -1.10. The van der Waals surface area contributed by atoms with Crippen molar-refractivity contribution in [1.82, 2.24) is 0 Å². The summed E-state index contributed by atoms with van der Waals surface area (Å²) in [7, 11) is 0. The van der Waals surface area contributed by atoms with Crippen LogP contribution in [0.2, 0.25) is 5.02 Å². The van der Waals surface area contributed by atoms with Crippen molar-refractivity contribution >= 4 is 40.5 Å². The van der Waals surface area contributed by atoms with E-state index in [1.54, 1.807) is 42.2 Å². The fraction of sp³-hybridized carbons (Fsp3) is 0.258. The van der Waals surface area contributed by atoms with Crippen LogP contribution < -0.4 is 9.91 Å². The van der Waals surface area contributed by atoms with Crippen LogP contribution >= 0.6 is 11.6 Å². The van der Waals surface area contributed by atoms with Crippen LogP contribution in [-0.2, 0) is 21.7 Å². The topological polar surface area (TPSA) is 93.4 Å². The largest absolute Gasteiger partial charge is 0.396 e. The quantitative estimate of drug-likeness (QED) is 0.383. The number of hydrogen-bond donors (Lipinski definition) is 2. The molecule has 0 aromatic heterocycles. The van der Waals surface area contributed by atoms with Crippen molar-refractivity contribution in [2.75, 3.05) is 16.5 Å². The van der Waals surface area contributed by atoms with E-state index in [9.17, 15) is 14.7 Å². The van der Waals surface area contributed by atoms with E-state index in [-0.39, 0.29) is 19.1 Å². The molecule has 3 aromatic rings. The molecule has 0 spiro atoms. The highest BCUT2D eigenvalue weighted by Crippen LogP contribution is 2.46. The van der Waals surface area contributed by atoms with Gasteiger partial charge < -0.3 is 15.1 Å². The van der Waals surface area contributed by atoms with Crippen LogP contribution in [0.15, 0.2) is 90.0 Å². The van der Waals surface area contributed by atoms with E-state index in [2.05, 4.69) is 5.10 Å². The number of fused-ring (bicyclic) bond motifs is 1. The molecule has 0 saturated carbocycles. The van der Waals surface area contributed by atoms with E-state index >= 15 is 0 Å². The minimum absolute atomic E-state index is 0.0170. The van der Waals surface area contributed by atoms with Crippen LogP contribution in [0.5, 0.6) is 0 Å². The number of hydrazone groups is 1. The van der Waals surface area contributed by atoms with Gasteiger partial charge in [0, 0.05) is 36.0 Å². The lowest BCUT2D eigenvalue weighted by molar-refractivity contribution is -0.139. The van der Waals surface area contributed by atoms with Crippen LogP contribution in [-0.4, -0.2) is 34.3 Å². The van der Waals surface area contributed by atoms with Gasteiger partial charge in [0.25, 0.3) is 5.91 Å². The summed E-state index contributed by atoms with van der Waals surface area (Å²) in [5.41, 5.74) is 2.44. The SMILES string of the molecule is C[C@H](/C=C/CCO)[C@@]1(O)C(=O)N(Cc2cccc(N3N=C(c4ccccc4)CCC3=O)c2)c2ccc(Cl)cc21. The molecule has 2 N–H and O–H groups in total. The molecule has 7 nitrogen and oxygen atoms in total. The molecule has 0 unspecified atom stereocenters. The normalized spacial score (nSPS) is 19.9. The summed E-state index contributed by atoms with van der Waals surface area (Å²) >= 11 is 6.27. The molecule has 2 heterocycles. The highest BCUT2D eigenvalue weighted by atomic mass is 35.5. The zero-order valence-corrected chi connectivity index (χ0v) is 22.4. The number of aliphatic hydroxyl groups is 2. The van der Waals surface area contributed by atoms with Crippen molar-refractivity contribution in [3.05, 3.63) is 107 Å². The Balaban J connectivity index is 1.46. The van der Waals surface area contributed by atoms with Crippen molar-refractivity contribution in [3.63, 3.8) is 0 Å². The highest BCUT2D eigenvalue weighted by molar-refractivity contribution is 6.31. The van der Waals surface area contributed by atoms with Crippen LogP contribution in [0.1, 0.15) is 42.9 Å². The molecule has 8 heteroatoms. The first kappa shape index (κ1) is 26.8. The Labute approximate surface area is 232 Å². The molecule has 0 saturated heterocycles. The number of benzene rings is 3. The molecule has 0 bridgehead atoms. The van der Waals surface area contributed by atoms with E-state index in [1.807, 2.05) is 54.6 Å². The Morgan fingerprint density at radius 2 is 1.85 bits per heavy atom. The number of carbonyl (C=O) groups excluding carboxylic acids is 2. The molecule has 0 fully saturated rings. The first-order valence-corrected chi connectivity index (χ1v) is 13.4. The first-order valence-electron chi connectivity index (χ1n) is 13.0. The van der Waals surface area contributed by atoms with Gasteiger partial charge in [-0.3, -0.25) is 9.59 Å². The number of carbonyl (C=O) groups is 2. The lowest BCUT2D eigenvalue weighted by atomic mass is 9.83. The maximum absolute atomic E-state index is 13.8. The van der Waals surface area contributed by atoms with E-state index < -0.39 is 17.4 Å². The smallest absolute Gasteiger partial charge is 0.264 e. The van der Waals surface area contributed by atoms with Gasteiger partial charge >= 0.3 is 0 Å². The van der Waals surface area contributed by atoms with Crippen LogP contribution in [0.4, 0.5) is 11.4 Å². The van der Waals surface area contributed by atoms with Crippen LogP contribution in [0.25, 0.3) is 0 Å². The molecular formula is C31H30ClN3O4. The summed E-state index contributed by atoms with van der Waals surface area (Å²) in [5, 5.41) is 27.4. The Morgan fingerprint density at radius 3 is 2.62 bits per heavy atom. The van der Waals surface area contributed by atoms with Gasteiger partial charge in [-0.15, -0.1) is 0 Å². The second-order valence-electron chi connectivity index (χ2n) is 9.84. The molecule has 2 amide bonds. The van der Waals surface area contributed by atoms with Crippen LogP contribution in [0.3, 0.4) is 0 Å². The summed E-state index contributed by atoms with van der Waals surface area (Å²) in [6.07, 6.45) is 4.85. The number of nitrogens with zero attached hydrogens (tertiary/aromatic N) is 3. The molecule has 2 aliphatic heterocycles.